The van der Waals surface area contributed by atoms with Crippen LogP contribution in [0.3, 0.4) is 0 Å². The van der Waals surface area contributed by atoms with E-state index in [4.69, 9.17) is 15.2 Å². The molecule has 45 heavy (non-hydrogen) atoms. The summed E-state index contributed by atoms with van der Waals surface area (Å²) in [4.78, 5) is 33.4. The Hall–Kier alpha value is -3.27. The number of nitrogen functional groups attached to an aromatic ring is 1. The van der Waals surface area contributed by atoms with Crippen molar-refractivity contribution in [2.45, 2.75) is 95.6 Å². The number of piperidine rings is 2. The number of hydrogen-bond donors (Lipinski definition) is 1. The molecule has 1 aromatic heterocycles. The van der Waals surface area contributed by atoms with Crippen LogP contribution in [0.4, 0.5) is 10.6 Å². The van der Waals surface area contributed by atoms with E-state index in [9.17, 15) is 9.59 Å². The van der Waals surface area contributed by atoms with Gasteiger partial charge >= 0.3 is 6.09 Å². The first kappa shape index (κ1) is 31.7. The molecule has 2 N–H and O–H groups in total. The third-order valence-electron chi connectivity index (χ3n) is 11.1. The standard InChI is InChI=1S/C35H52N6O4/c1-3-4-12-27-25-40(24-26-10-6-5-7-11-26)34(43)45-35(27)17-21-38(22-18-35)28-15-19-39(20-16-28)33(42)29-23-37-41(32(29)36)30-13-8-9-14-31(30)44-2/h8-9,13-14,23,26-28H,3-7,10-12,15-22,24-25,36H2,1-2H3. The van der Waals surface area contributed by atoms with E-state index >= 15 is 0 Å². The normalized spacial score (nSPS) is 23.3. The van der Waals surface area contributed by atoms with E-state index in [2.05, 4.69) is 16.9 Å². The number of nitrogens with zero attached hydrogens (tertiary/aromatic N) is 5. The van der Waals surface area contributed by atoms with Gasteiger partial charge in [0.15, 0.2) is 0 Å². The van der Waals surface area contributed by atoms with Crippen LogP contribution in [0.2, 0.25) is 0 Å². The molecular formula is C35H52N6O4. The van der Waals surface area contributed by atoms with Crippen LogP contribution < -0.4 is 10.5 Å². The summed E-state index contributed by atoms with van der Waals surface area (Å²) in [6.45, 7) is 7.23. The maximum Gasteiger partial charge on any atom is 0.410 e. The highest BCUT2D eigenvalue weighted by Gasteiger charge is 2.50. The van der Waals surface area contributed by atoms with Gasteiger partial charge in [0.25, 0.3) is 5.91 Å². The summed E-state index contributed by atoms with van der Waals surface area (Å²) in [5.41, 5.74) is 7.23. The van der Waals surface area contributed by atoms with E-state index in [1.807, 2.05) is 34.1 Å². The van der Waals surface area contributed by atoms with Crippen LogP contribution in [0.5, 0.6) is 5.75 Å². The molecule has 1 aliphatic carbocycles. The Bertz CT molecular complexity index is 1310. The third-order valence-corrected chi connectivity index (χ3v) is 11.1. The van der Waals surface area contributed by atoms with Gasteiger partial charge in [-0.2, -0.15) is 5.10 Å². The maximum atomic E-state index is 13.5. The summed E-state index contributed by atoms with van der Waals surface area (Å²) in [6, 6.07) is 7.93. The van der Waals surface area contributed by atoms with E-state index in [0.29, 0.717) is 53.8 Å². The number of amides is 2. The second kappa shape index (κ2) is 14.0. The third kappa shape index (κ3) is 6.67. The highest BCUT2D eigenvalue weighted by atomic mass is 16.6. The van der Waals surface area contributed by atoms with Crippen molar-refractivity contribution in [3.8, 4) is 11.4 Å². The molecule has 10 nitrogen and oxygen atoms in total. The topological polar surface area (TPSA) is 106 Å². The molecule has 3 aliphatic heterocycles. The van der Waals surface area contributed by atoms with Crippen molar-refractivity contribution < 1.29 is 19.1 Å². The molecule has 1 saturated carbocycles. The number of methoxy groups -OCH3 is 1. The number of anilines is 1. The quantitative estimate of drug-likeness (QED) is 0.381. The highest BCUT2D eigenvalue weighted by Crippen LogP contribution is 2.42. The van der Waals surface area contributed by atoms with Gasteiger partial charge in [0.1, 0.15) is 28.4 Å². The Morgan fingerprint density at radius 1 is 1.07 bits per heavy atom. The number of hydrogen-bond acceptors (Lipinski definition) is 7. The molecule has 10 heteroatoms. The minimum atomic E-state index is -0.332. The van der Waals surface area contributed by atoms with Crippen molar-refractivity contribution in [2.24, 2.45) is 11.8 Å². The fourth-order valence-electron chi connectivity index (χ4n) is 8.37. The van der Waals surface area contributed by atoms with Crippen LogP contribution in [-0.2, 0) is 4.74 Å². The lowest BCUT2D eigenvalue weighted by molar-refractivity contribution is -0.127. The summed E-state index contributed by atoms with van der Waals surface area (Å²) in [7, 11) is 1.61. The van der Waals surface area contributed by atoms with E-state index < -0.39 is 0 Å². The molecule has 4 heterocycles. The summed E-state index contributed by atoms with van der Waals surface area (Å²) in [5, 5.41) is 4.42. The van der Waals surface area contributed by atoms with Crippen LogP contribution in [0, 0.1) is 11.8 Å². The average Bonchev–Trinajstić information content (AvgIpc) is 3.46. The van der Waals surface area contributed by atoms with E-state index in [1.54, 1.807) is 18.0 Å². The zero-order valence-electron chi connectivity index (χ0n) is 27.3. The van der Waals surface area contributed by atoms with Crippen molar-refractivity contribution in [2.75, 3.05) is 52.1 Å². The molecule has 6 rings (SSSR count). The van der Waals surface area contributed by atoms with Gasteiger partial charge in [0.2, 0.25) is 0 Å². The van der Waals surface area contributed by atoms with E-state index in [-0.39, 0.29) is 17.6 Å². The summed E-state index contributed by atoms with van der Waals surface area (Å²) in [5.74, 6) is 1.93. The molecule has 3 saturated heterocycles. The number of likely N-dealkylation sites (tertiary alicyclic amines) is 2. The SMILES string of the molecule is CCCCC1CN(CC2CCCCC2)C(=O)OC12CCN(C1CCN(C(=O)c3cnn(-c4ccccc4OC)c3N)CC1)CC2. The van der Waals surface area contributed by atoms with Crippen LogP contribution in [0.1, 0.15) is 94.3 Å². The van der Waals surface area contributed by atoms with Gasteiger partial charge in [0, 0.05) is 64.1 Å². The van der Waals surface area contributed by atoms with Crippen LogP contribution in [0.15, 0.2) is 30.5 Å². The Kier molecular flexibility index (Phi) is 9.87. The van der Waals surface area contributed by atoms with Gasteiger partial charge in [-0.1, -0.05) is 51.2 Å². The van der Waals surface area contributed by atoms with Crippen molar-refractivity contribution in [1.29, 1.82) is 0 Å². The van der Waals surface area contributed by atoms with Crippen molar-refractivity contribution in [1.82, 2.24) is 24.5 Å². The molecular weight excluding hydrogens is 568 g/mol. The predicted octanol–water partition coefficient (Wildman–Crippen LogP) is 5.74. The second-order valence-corrected chi connectivity index (χ2v) is 13.8. The maximum absolute atomic E-state index is 13.5. The van der Waals surface area contributed by atoms with Gasteiger partial charge in [0.05, 0.1) is 13.3 Å². The Morgan fingerprint density at radius 3 is 2.51 bits per heavy atom. The number of ether oxygens (including phenoxy) is 2. The molecule has 1 aromatic carbocycles. The van der Waals surface area contributed by atoms with Crippen molar-refractivity contribution >= 4 is 17.8 Å². The highest BCUT2D eigenvalue weighted by molar-refractivity contribution is 5.98. The molecule has 1 unspecified atom stereocenters. The zero-order chi connectivity index (χ0) is 31.4. The number of rotatable bonds is 9. The molecule has 4 fully saturated rings. The number of benzene rings is 1. The van der Waals surface area contributed by atoms with Gasteiger partial charge in [-0.25, -0.2) is 9.48 Å². The van der Waals surface area contributed by atoms with Crippen LogP contribution >= 0.6 is 0 Å². The fourth-order valence-corrected chi connectivity index (χ4v) is 8.37. The van der Waals surface area contributed by atoms with Gasteiger partial charge in [-0.3, -0.25) is 9.69 Å². The van der Waals surface area contributed by atoms with Gasteiger partial charge in [-0.15, -0.1) is 0 Å². The first-order chi connectivity index (χ1) is 21.9. The number of carbonyl (C=O) groups is 2. The van der Waals surface area contributed by atoms with E-state index in [1.165, 1.54) is 44.9 Å². The second-order valence-electron chi connectivity index (χ2n) is 13.8. The first-order valence-electron chi connectivity index (χ1n) is 17.4. The van der Waals surface area contributed by atoms with Crippen molar-refractivity contribution in [3.63, 3.8) is 0 Å². The number of carbonyl (C=O) groups excluding carboxylic acids is 2. The Balaban J connectivity index is 1.04. The molecule has 0 radical (unpaired) electrons. The largest absolute Gasteiger partial charge is 0.494 e. The predicted molar refractivity (Wildman–Crippen MR) is 175 cm³/mol. The number of unbranched alkanes of at least 4 members (excludes halogenated alkanes) is 1. The average molecular weight is 621 g/mol. The van der Waals surface area contributed by atoms with Crippen LogP contribution in [0.25, 0.3) is 5.69 Å². The Labute approximate surface area is 268 Å². The zero-order valence-corrected chi connectivity index (χ0v) is 27.3. The molecule has 1 atom stereocenters. The summed E-state index contributed by atoms with van der Waals surface area (Å²) >= 11 is 0. The minimum absolute atomic E-state index is 0.0737. The lowest BCUT2D eigenvalue weighted by Gasteiger charge is -2.52. The molecule has 2 amide bonds. The number of aromatic nitrogens is 2. The number of para-hydroxylation sites is 2. The fraction of sp³-hybridized carbons (Fsp3) is 0.686. The van der Waals surface area contributed by atoms with Gasteiger partial charge in [-0.05, 0) is 50.2 Å². The lowest BCUT2D eigenvalue weighted by Crippen LogP contribution is -2.61. The molecule has 2 aromatic rings. The molecule has 0 bridgehead atoms. The summed E-state index contributed by atoms with van der Waals surface area (Å²) < 4.78 is 13.5. The minimum Gasteiger partial charge on any atom is -0.494 e. The monoisotopic (exact) mass is 620 g/mol. The van der Waals surface area contributed by atoms with E-state index in [0.717, 1.165) is 58.3 Å². The molecule has 4 aliphatic rings. The first-order valence-corrected chi connectivity index (χ1v) is 17.4. The van der Waals surface area contributed by atoms with Crippen molar-refractivity contribution in [3.05, 3.63) is 36.0 Å². The Morgan fingerprint density at radius 2 is 1.80 bits per heavy atom. The summed E-state index contributed by atoms with van der Waals surface area (Å²) in [6.07, 6.45) is 15.0. The lowest BCUT2D eigenvalue weighted by atomic mass is 9.75. The molecule has 246 valence electrons. The van der Waals surface area contributed by atoms with Crippen LogP contribution in [-0.4, -0.2) is 94.5 Å². The number of nitrogens with two attached hydrogens (primary N) is 1. The molecule has 1 spiro atoms. The van der Waals surface area contributed by atoms with Gasteiger partial charge < -0.3 is 25.0 Å². The smallest absolute Gasteiger partial charge is 0.410 e.